The van der Waals surface area contributed by atoms with Crippen LogP contribution in [0.5, 0.6) is 0 Å². The monoisotopic (exact) mass is 368 g/mol. The predicted octanol–water partition coefficient (Wildman–Crippen LogP) is 5.61. The maximum absolute atomic E-state index is 4.81. The van der Waals surface area contributed by atoms with Crippen LogP contribution in [-0.2, 0) is 0 Å². The minimum absolute atomic E-state index is 0.485. The summed E-state index contributed by atoms with van der Waals surface area (Å²) in [5.41, 5.74) is 2.87. The van der Waals surface area contributed by atoms with Crippen molar-refractivity contribution < 1.29 is 0 Å². The number of para-hydroxylation sites is 2. The lowest BCUT2D eigenvalue weighted by Gasteiger charge is -2.47. The van der Waals surface area contributed by atoms with Crippen LogP contribution in [0.4, 0.5) is 5.95 Å². The third kappa shape index (κ3) is 3.61. The molecule has 2 heterocycles. The van der Waals surface area contributed by atoms with Crippen molar-refractivity contribution >= 4 is 17.0 Å². The fraction of sp³-hybridized carbons (Fsp3) is 0.696. The number of aromatic nitrogens is 2. The first-order valence-corrected chi connectivity index (χ1v) is 11.2. The van der Waals surface area contributed by atoms with Crippen molar-refractivity contribution in [2.45, 2.75) is 82.7 Å². The first kappa shape index (κ1) is 18.8. The first-order valence-electron chi connectivity index (χ1n) is 11.2. The van der Waals surface area contributed by atoms with E-state index in [-0.39, 0.29) is 0 Å². The Hall–Kier alpha value is -1.55. The third-order valence-electron chi connectivity index (χ3n) is 7.07. The largest absolute Gasteiger partial charge is 0.359 e. The number of imidazole rings is 1. The van der Waals surface area contributed by atoms with Crippen LogP contribution in [0.3, 0.4) is 0 Å². The molecule has 1 aromatic carbocycles. The molecule has 1 aliphatic heterocycles. The Bertz CT molecular complexity index is 734. The van der Waals surface area contributed by atoms with Crippen LogP contribution in [0.25, 0.3) is 11.0 Å². The lowest BCUT2D eigenvalue weighted by atomic mass is 9.82. The van der Waals surface area contributed by atoms with Gasteiger partial charge < -0.3 is 9.88 Å². The van der Waals surface area contributed by atoms with E-state index in [4.69, 9.17) is 4.98 Å². The highest BCUT2D eigenvalue weighted by Crippen LogP contribution is 2.40. The summed E-state index contributed by atoms with van der Waals surface area (Å²) in [5.74, 6) is 1.02. The molecule has 2 fully saturated rings. The lowest BCUT2D eigenvalue weighted by molar-refractivity contribution is 0.0318. The highest BCUT2D eigenvalue weighted by molar-refractivity contribution is 5.78. The van der Waals surface area contributed by atoms with Gasteiger partial charge in [-0.25, -0.2) is 4.98 Å². The Kier molecular flexibility index (Phi) is 5.72. The van der Waals surface area contributed by atoms with Gasteiger partial charge in [-0.2, -0.15) is 0 Å². The zero-order valence-electron chi connectivity index (χ0n) is 17.2. The third-order valence-corrected chi connectivity index (χ3v) is 7.07. The molecule has 27 heavy (non-hydrogen) atoms. The normalized spacial score (nSPS) is 22.0. The van der Waals surface area contributed by atoms with E-state index in [1.807, 2.05) is 7.05 Å². The molecule has 2 aromatic rings. The molecule has 2 aliphatic rings. The van der Waals surface area contributed by atoms with Crippen LogP contribution in [0, 0.1) is 0 Å². The summed E-state index contributed by atoms with van der Waals surface area (Å²) in [6, 6.07) is 9.13. The number of nitrogens with one attached hydrogen (secondary N) is 1. The molecule has 1 N–H and O–H groups in total. The molecular weight excluding hydrogens is 332 g/mol. The molecule has 0 bridgehead atoms. The molecule has 0 amide bonds. The van der Waals surface area contributed by atoms with E-state index in [0.717, 1.165) is 11.5 Å². The zero-order chi connectivity index (χ0) is 18.7. The quantitative estimate of drug-likeness (QED) is 0.697. The van der Waals surface area contributed by atoms with E-state index in [9.17, 15) is 0 Å². The van der Waals surface area contributed by atoms with Gasteiger partial charge in [-0.15, -0.1) is 0 Å². The van der Waals surface area contributed by atoms with Gasteiger partial charge in [0, 0.05) is 31.7 Å². The van der Waals surface area contributed by atoms with Crippen LogP contribution in [0.2, 0.25) is 0 Å². The molecule has 148 valence electrons. The minimum atomic E-state index is 0.485. The van der Waals surface area contributed by atoms with Gasteiger partial charge in [0.2, 0.25) is 5.95 Å². The van der Waals surface area contributed by atoms with E-state index >= 15 is 0 Å². The van der Waals surface area contributed by atoms with E-state index in [0.29, 0.717) is 11.6 Å². The number of benzene rings is 1. The summed E-state index contributed by atoms with van der Waals surface area (Å²) < 4.78 is 2.46. The molecule has 4 rings (SSSR count). The first-order chi connectivity index (χ1) is 13.3. The maximum Gasteiger partial charge on any atom is 0.203 e. The van der Waals surface area contributed by atoms with Gasteiger partial charge in [0.25, 0.3) is 0 Å². The Balaban J connectivity index is 1.53. The number of fused-ring (bicyclic) bond motifs is 1. The number of likely N-dealkylation sites (tertiary alicyclic amines) is 1. The smallest absolute Gasteiger partial charge is 0.203 e. The molecule has 4 nitrogen and oxygen atoms in total. The average Bonchev–Trinajstić information content (AvgIpc) is 2.92. The van der Waals surface area contributed by atoms with Gasteiger partial charge in [0.15, 0.2) is 0 Å². The maximum atomic E-state index is 4.81. The summed E-state index contributed by atoms with van der Waals surface area (Å²) >= 11 is 0. The average molecular weight is 369 g/mol. The van der Waals surface area contributed by atoms with Gasteiger partial charge in [0.1, 0.15) is 0 Å². The summed E-state index contributed by atoms with van der Waals surface area (Å²) in [4.78, 5) is 7.69. The van der Waals surface area contributed by atoms with Crippen molar-refractivity contribution in [3.63, 3.8) is 0 Å². The fourth-order valence-electron chi connectivity index (χ4n) is 5.77. The molecule has 1 aromatic heterocycles. The van der Waals surface area contributed by atoms with E-state index in [1.165, 1.54) is 82.8 Å². The van der Waals surface area contributed by atoms with E-state index in [1.54, 1.807) is 0 Å². The Morgan fingerprint density at radius 2 is 1.78 bits per heavy atom. The van der Waals surface area contributed by atoms with Crippen LogP contribution in [0.15, 0.2) is 24.3 Å². The van der Waals surface area contributed by atoms with Gasteiger partial charge in [-0.05, 0) is 44.2 Å². The molecular formula is C23H36N4. The molecule has 0 radical (unpaired) electrons. The summed E-state index contributed by atoms with van der Waals surface area (Å²) in [6.45, 7) is 4.84. The molecule has 0 atom stereocenters. The predicted molar refractivity (Wildman–Crippen MR) is 114 cm³/mol. The number of hydrogen-bond acceptors (Lipinski definition) is 3. The lowest BCUT2D eigenvalue weighted by Crippen LogP contribution is -2.52. The zero-order valence-corrected chi connectivity index (χ0v) is 17.2. The summed E-state index contributed by atoms with van der Waals surface area (Å²) in [5, 5.41) is 3.33. The second kappa shape index (κ2) is 8.22. The second-order valence-electron chi connectivity index (χ2n) is 8.65. The SMILES string of the molecule is CCCC1(N2CCC(n3c(NC)nc4ccccc43)CC2)CCCCCC1. The van der Waals surface area contributed by atoms with Crippen molar-refractivity contribution in [1.29, 1.82) is 0 Å². The minimum Gasteiger partial charge on any atom is -0.359 e. The number of nitrogens with zero attached hydrogens (tertiary/aromatic N) is 3. The van der Waals surface area contributed by atoms with Crippen LogP contribution >= 0.6 is 0 Å². The Labute approximate surface area is 164 Å². The van der Waals surface area contributed by atoms with Gasteiger partial charge in [-0.3, -0.25) is 4.90 Å². The molecule has 1 aliphatic carbocycles. The van der Waals surface area contributed by atoms with Crippen LogP contribution in [-0.4, -0.2) is 40.1 Å². The van der Waals surface area contributed by atoms with Gasteiger partial charge >= 0.3 is 0 Å². The van der Waals surface area contributed by atoms with Gasteiger partial charge in [0.05, 0.1) is 11.0 Å². The van der Waals surface area contributed by atoms with Crippen molar-refractivity contribution in [2.24, 2.45) is 0 Å². The molecule has 0 spiro atoms. The summed E-state index contributed by atoms with van der Waals surface area (Å²) in [6.07, 6.45) is 13.7. The van der Waals surface area contributed by atoms with Crippen LogP contribution < -0.4 is 5.32 Å². The Morgan fingerprint density at radius 3 is 2.44 bits per heavy atom. The highest BCUT2D eigenvalue weighted by atomic mass is 15.3. The second-order valence-corrected chi connectivity index (χ2v) is 8.65. The van der Waals surface area contributed by atoms with E-state index < -0.39 is 0 Å². The number of anilines is 1. The molecule has 0 unspecified atom stereocenters. The van der Waals surface area contributed by atoms with Gasteiger partial charge in [-0.1, -0.05) is 51.2 Å². The standard InChI is InChI=1S/C23H36N4/c1-3-14-23(15-8-4-5-9-16-23)26-17-12-19(13-18-26)27-21-11-7-6-10-20(21)25-22(27)24-2/h6-7,10-11,19H,3-5,8-9,12-18H2,1-2H3,(H,24,25). The fourth-order valence-corrected chi connectivity index (χ4v) is 5.77. The number of piperidine rings is 1. The van der Waals surface area contributed by atoms with Crippen molar-refractivity contribution in [3.8, 4) is 0 Å². The van der Waals surface area contributed by atoms with Crippen molar-refractivity contribution in [1.82, 2.24) is 14.5 Å². The highest BCUT2D eigenvalue weighted by Gasteiger charge is 2.38. The number of rotatable bonds is 5. The molecule has 4 heteroatoms. The van der Waals surface area contributed by atoms with Crippen molar-refractivity contribution in [2.75, 3.05) is 25.5 Å². The summed E-state index contributed by atoms with van der Waals surface area (Å²) in [7, 11) is 1.99. The Morgan fingerprint density at radius 1 is 1.07 bits per heavy atom. The van der Waals surface area contributed by atoms with E-state index in [2.05, 4.69) is 46.0 Å². The van der Waals surface area contributed by atoms with Crippen LogP contribution in [0.1, 0.15) is 77.2 Å². The number of hydrogen-bond donors (Lipinski definition) is 1. The molecule has 1 saturated heterocycles. The topological polar surface area (TPSA) is 33.1 Å². The van der Waals surface area contributed by atoms with Crippen molar-refractivity contribution in [3.05, 3.63) is 24.3 Å². The molecule has 1 saturated carbocycles.